The van der Waals surface area contributed by atoms with Crippen LogP contribution in [0.4, 0.5) is 0 Å². The van der Waals surface area contributed by atoms with Crippen molar-refractivity contribution in [2.75, 3.05) is 13.7 Å². The summed E-state index contributed by atoms with van der Waals surface area (Å²) in [5.41, 5.74) is -0.272. The Morgan fingerprint density at radius 3 is 2.29 bits per heavy atom. The van der Waals surface area contributed by atoms with E-state index in [2.05, 4.69) is 41.5 Å². The van der Waals surface area contributed by atoms with E-state index in [1.165, 1.54) is 0 Å². The molecule has 4 aliphatic rings. The molecule has 0 bridgehead atoms. The van der Waals surface area contributed by atoms with Gasteiger partial charge in [0.05, 0.1) is 36.9 Å². The van der Waals surface area contributed by atoms with Gasteiger partial charge in [-0.05, 0) is 90.8 Å². The van der Waals surface area contributed by atoms with Crippen LogP contribution < -0.4 is 0 Å². The molecule has 6 heteroatoms. The Hall–Kier alpha value is -0.690. The summed E-state index contributed by atoms with van der Waals surface area (Å²) in [6.07, 6.45) is 2.64. The third kappa shape index (κ3) is 4.38. The minimum Gasteiger partial charge on any atom is -0.465 e. The molecule has 0 amide bonds. The number of aliphatic hydroxyl groups is 3. The molecule has 1 unspecified atom stereocenters. The van der Waals surface area contributed by atoms with Gasteiger partial charge in [-0.25, -0.2) is 0 Å². The summed E-state index contributed by atoms with van der Waals surface area (Å²) in [4.78, 5) is 13.0. The summed E-state index contributed by atoms with van der Waals surface area (Å²) in [6, 6.07) is 0. The lowest BCUT2D eigenvalue weighted by Gasteiger charge is -2.56. The molecule has 3 N–H and O–H groups in total. The number of rotatable bonds is 6. The van der Waals surface area contributed by atoms with Crippen molar-refractivity contribution < 1.29 is 29.6 Å². The quantitative estimate of drug-likeness (QED) is 0.482. The topological polar surface area (TPSA) is 96.2 Å². The molecule has 1 aliphatic heterocycles. The number of aliphatic hydroxyl groups excluding tert-OH is 3. The normalized spacial score (nSPS) is 47.1. The van der Waals surface area contributed by atoms with Gasteiger partial charge in [0.15, 0.2) is 0 Å². The highest BCUT2D eigenvalue weighted by Gasteiger charge is 2.63. The van der Waals surface area contributed by atoms with E-state index < -0.39 is 18.3 Å². The maximum atomic E-state index is 13.0. The van der Waals surface area contributed by atoms with Crippen molar-refractivity contribution in [3.05, 3.63) is 0 Å². The smallest absolute Gasteiger partial charge is 0.309 e. The number of methoxy groups -OCH3 is 1. The summed E-state index contributed by atoms with van der Waals surface area (Å²) in [5, 5.41) is 32.4. The maximum absolute atomic E-state index is 13.0. The van der Waals surface area contributed by atoms with Crippen LogP contribution >= 0.6 is 0 Å². The molecule has 0 aromatic heterocycles. The first-order valence-electron chi connectivity index (χ1n) is 14.1. The van der Waals surface area contributed by atoms with Crippen molar-refractivity contribution in [1.29, 1.82) is 0 Å². The molecule has 0 aromatic rings. The second-order valence-corrected chi connectivity index (χ2v) is 13.5. The fourth-order valence-electron chi connectivity index (χ4n) is 9.28. The highest BCUT2D eigenvalue weighted by Crippen LogP contribution is 2.66. The molecular weight excluding hydrogens is 444 g/mol. The Kier molecular flexibility index (Phi) is 7.72. The zero-order valence-electron chi connectivity index (χ0n) is 22.9. The summed E-state index contributed by atoms with van der Waals surface area (Å²) in [6.45, 7) is 13.8. The Morgan fingerprint density at radius 1 is 1.00 bits per heavy atom. The van der Waals surface area contributed by atoms with Crippen molar-refractivity contribution in [3.8, 4) is 0 Å². The van der Waals surface area contributed by atoms with Gasteiger partial charge in [0.25, 0.3) is 0 Å². The third-order valence-corrected chi connectivity index (χ3v) is 11.8. The minimum absolute atomic E-state index is 0.0797. The monoisotopic (exact) mass is 494 g/mol. The molecular formula is C29H50O6. The summed E-state index contributed by atoms with van der Waals surface area (Å²) >= 11 is 0. The average molecular weight is 495 g/mol. The second kappa shape index (κ2) is 9.89. The first-order chi connectivity index (χ1) is 16.4. The van der Waals surface area contributed by atoms with Gasteiger partial charge in [0.2, 0.25) is 0 Å². The first-order valence-corrected chi connectivity index (χ1v) is 14.1. The number of ether oxygens (including phenoxy) is 2. The number of carbonyl (C=O) groups excluding carboxylic acids is 1. The van der Waals surface area contributed by atoms with Crippen LogP contribution in [0.2, 0.25) is 0 Å². The van der Waals surface area contributed by atoms with Gasteiger partial charge in [0.1, 0.15) is 0 Å². The van der Waals surface area contributed by atoms with Crippen LogP contribution in [0.15, 0.2) is 0 Å². The van der Waals surface area contributed by atoms with E-state index in [1.807, 2.05) is 0 Å². The standard InChI is InChI=1S/C29H50O6/c1-15(2)16(3)26(34-7)25(32)17(4)19-8-9-20-18-14-35-27(33)22-12-23(30)24(31)13-29(22,6)21(18)10-11-28(19,20)5/h15-26,30-32H,8-14H2,1-7H3/t16-,17-,18-,19+,20-,21-,22?,23-,24+,25+,26+,28+,29+/m0/s1. The average Bonchev–Trinajstić information content (AvgIpc) is 3.11. The van der Waals surface area contributed by atoms with E-state index in [0.29, 0.717) is 43.1 Å². The van der Waals surface area contributed by atoms with Crippen LogP contribution in [0, 0.1) is 58.2 Å². The fourth-order valence-corrected chi connectivity index (χ4v) is 9.28. The number of fused-ring (bicyclic) bond motifs is 5. The summed E-state index contributed by atoms with van der Waals surface area (Å²) in [5.74, 6) is 1.65. The molecule has 0 aromatic carbocycles. The first kappa shape index (κ1) is 27.3. The van der Waals surface area contributed by atoms with Crippen LogP contribution in [0.25, 0.3) is 0 Å². The Morgan fingerprint density at radius 2 is 1.66 bits per heavy atom. The number of carbonyl (C=O) groups is 1. The van der Waals surface area contributed by atoms with Crippen molar-refractivity contribution in [1.82, 2.24) is 0 Å². The molecule has 202 valence electrons. The molecule has 1 saturated heterocycles. The maximum Gasteiger partial charge on any atom is 0.309 e. The molecule has 3 aliphatic carbocycles. The lowest BCUT2D eigenvalue weighted by atomic mass is 9.48. The second-order valence-electron chi connectivity index (χ2n) is 13.5. The minimum atomic E-state index is -0.855. The van der Waals surface area contributed by atoms with Crippen molar-refractivity contribution in [3.63, 3.8) is 0 Å². The molecule has 0 spiro atoms. The van der Waals surface area contributed by atoms with Crippen LogP contribution in [0.1, 0.15) is 80.1 Å². The van der Waals surface area contributed by atoms with Crippen molar-refractivity contribution in [2.45, 2.75) is 104 Å². The van der Waals surface area contributed by atoms with E-state index in [0.717, 1.165) is 25.7 Å². The Balaban J connectivity index is 1.58. The Bertz CT molecular complexity index is 770. The van der Waals surface area contributed by atoms with Gasteiger partial charge in [-0.15, -0.1) is 0 Å². The number of hydrogen-bond acceptors (Lipinski definition) is 6. The van der Waals surface area contributed by atoms with Gasteiger partial charge in [-0.1, -0.05) is 41.5 Å². The summed E-state index contributed by atoms with van der Waals surface area (Å²) < 4.78 is 11.7. The fraction of sp³-hybridized carbons (Fsp3) is 0.966. The van der Waals surface area contributed by atoms with E-state index in [4.69, 9.17) is 9.47 Å². The van der Waals surface area contributed by atoms with Gasteiger partial charge in [-0.2, -0.15) is 0 Å². The van der Waals surface area contributed by atoms with E-state index in [9.17, 15) is 20.1 Å². The molecule has 4 fully saturated rings. The SMILES string of the molecule is CO[C@@H]([C@H](O)[C@@H](C)[C@H]1CC[C@H]2[C@@H]3COC(=O)C4C[C@H](O)[C@H](O)C[C@]4(C)[C@H]3CC[C@]12C)[C@@H](C)C(C)C. The Labute approximate surface area is 212 Å². The van der Waals surface area contributed by atoms with E-state index in [1.54, 1.807) is 7.11 Å². The van der Waals surface area contributed by atoms with Gasteiger partial charge in [-0.3, -0.25) is 4.79 Å². The summed E-state index contributed by atoms with van der Waals surface area (Å²) in [7, 11) is 1.72. The lowest BCUT2D eigenvalue weighted by molar-refractivity contribution is -0.162. The third-order valence-electron chi connectivity index (χ3n) is 11.8. The van der Waals surface area contributed by atoms with Crippen LogP contribution in [-0.4, -0.2) is 59.4 Å². The zero-order valence-corrected chi connectivity index (χ0v) is 22.9. The molecule has 0 radical (unpaired) electrons. The predicted octanol–water partition coefficient (Wildman–Crippen LogP) is 4.04. The van der Waals surface area contributed by atoms with Crippen LogP contribution in [-0.2, 0) is 14.3 Å². The van der Waals surface area contributed by atoms with Crippen molar-refractivity contribution in [2.24, 2.45) is 58.2 Å². The van der Waals surface area contributed by atoms with Gasteiger partial charge in [0, 0.05) is 7.11 Å². The highest BCUT2D eigenvalue weighted by molar-refractivity contribution is 5.74. The van der Waals surface area contributed by atoms with Gasteiger partial charge < -0.3 is 24.8 Å². The predicted molar refractivity (Wildman–Crippen MR) is 134 cm³/mol. The molecule has 4 rings (SSSR count). The number of cyclic esters (lactones) is 1. The molecule has 35 heavy (non-hydrogen) atoms. The van der Waals surface area contributed by atoms with Crippen LogP contribution in [0.3, 0.4) is 0 Å². The number of esters is 1. The lowest BCUT2D eigenvalue weighted by Crippen LogP contribution is -2.55. The molecule has 3 saturated carbocycles. The largest absolute Gasteiger partial charge is 0.465 e. The van der Waals surface area contributed by atoms with Gasteiger partial charge >= 0.3 is 5.97 Å². The molecule has 1 heterocycles. The van der Waals surface area contributed by atoms with Crippen molar-refractivity contribution >= 4 is 5.97 Å². The number of hydrogen-bond donors (Lipinski definition) is 3. The zero-order chi connectivity index (χ0) is 25.9. The molecule has 13 atom stereocenters. The highest BCUT2D eigenvalue weighted by atomic mass is 16.5. The van der Waals surface area contributed by atoms with E-state index >= 15 is 0 Å². The molecule has 6 nitrogen and oxygen atoms in total. The van der Waals surface area contributed by atoms with Crippen LogP contribution in [0.5, 0.6) is 0 Å². The van der Waals surface area contributed by atoms with E-state index in [-0.39, 0.29) is 46.6 Å².